The third-order valence-electron chi connectivity index (χ3n) is 3.91. The zero-order valence-electron chi connectivity index (χ0n) is 16.1. The molecule has 0 amide bonds. The molecule has 1 aromatic carbocycles. The van der Waals surface area contributed by atoms with Gasteiger partial charge in [-0.1, -0.05) is 6.92 Å². The zero-order valence-corrected chi connectivity index (χ0v) is 16.1. The molecular weight excluding hydrogens is 350 g/mol. The second-order valence-corrected chi connectivity index (χ2v) is 5.92. The average molecular weight is 375 g/mol. The average Bonchev–Trinajstić information content (AvgIpc) is 2.98. The Morgan fingerprint density at radius 1 is 0.926 bits per heavy atom. The van der Waals surface area contributed by atoms with E-state index in [1.807, 2.05) is 19.1 Å². The first kappa shape index (κ1) is 20.4. The van der Waals surface area contributed by atoms with Crippen molar-refractivity contribution in [3.05, 3.63) is 46.8 Å². The highest BCUT2D eigenvalue weighted by Crippen LogP contribution is 2.20. The third kappa shape index (κ3) is 5.26. The van der Waals surface area contributed by atoms with E-state index in [-0.39, 0.29) is 18.9 Å². The van der Waals surface area contributed by atoms with E-state index in [4.69, 9.17) is 18.9 Å². The normalized spacial score (nSPS) is 10.4. The van der Waals surface area contributed by atoms with Crippen LogP contribution in [-0.4, -0.2) is 43.9 Å². The van der Waals surface area contributed by atoms with Crippen LogP contribution < -0.4 is 9.47 Å². The molecule has 0 spiro atoms. The minimum Gasteiger partial charge on any atom is -0.494 e. The predicted molar refractivity (Wildman–Crippen MR) is 99.6 cm³/mol. The van der Waals surface area contributed by atoms with Crippen molar-refractivity contribution in [1.29, 1.82) is 0 Å². The molecule has 1 aromatic heterocycles. The fraction of sp³-hybridized carbons (Fsp3) is 0.400. The third-order valence-corrected chi connectivity index (χ3v) is 3.91. The van der Waals surface area contributed by atoms with Crippen LogP contribution in [0, 0.1) is 13.8 Å². The van der Waals surface area contributed by atoms with Gasteiger partial charge in [-0.2, -0.15) is 0 Å². The Balaban J connectivity index is 1.83. The molecule has 2 aromatic rings. The number of ether oxygens (including phenoxy) is 4. The molecule has 0 saturated carbocycles. The largest absolute Gasteiger partial charge is 0.494 e. The highest BCUT2D eigenvalue weighted by atomic mass is 16.6. The molecule has 0 unspecified atom stereocenters. The van der Waals surface area contributed by atoms with E-state index in [1.165, 1.54) is 7.11 Å². The van der Waals surface area contributed by atoms with Crippen molar-refractivity contribution in [1.82, 2.24) is 4.98 Å². The first-order valence-corrected chi connectivity index (χ1v) is 8.78. The quantitative estimate of drug-likeness (QED) is 0.534. The van der Waals surface area contributed by atoms with Gasteiger partial charge in [0.1, 0.15) is 30.4 Å². The summed E-state index contributed by atoms with van der Waals surface area (Å²) >= 11 is 0. The number of nitrogens with one attached hydrogen (secondary N) is 1. The van der Waals surface area contributed by atoms with Gasteiger partial charge in [-0.05, 0) is 50.1 Å². The summed E-state index contributed by atoms with van der Waals surface area (Å²) in [5.74, 6) is 0.414. The van der Waals surface area contributed by atoms with Crippen LogP contribution in [0.25, 0.3) is 0 Å². The van der Waals surface area contributed by atoms with Crippen molar-refractivity contribution in [3.8, 4) is 11.5 Å². The van der Waals surface area contributed by atoms with E-state index in [1.54, 1.807) is 26.0 Å². The number of carbonyl (C=O) groups excluding carboxylic acids is 2. The van der Waals surface area contributed by atoms with Crippen LogP contribution in [0.3, 0.4) is 0 Å². The first-order valence-electron chi connectivity index (χ1n) is 8.78. The number of hydrogen-bond acceptors (Lipinski definition) is 6. The lowest BCUT2D eigenvalue weighted by Crippen LogP contribution is -2.13. The predicted octanol–water partition coefficient (Wildman–Crippen LogP) is 3.44. The minimum absolute atomic E-state index is 0.0813. The topological polar surface area (TPSA) is 86.9 Å². The van der Waals surface area contributed by atoms with Crippen LogP contribution >= 0.6 is 0 Å². The number of methoxy groups -OCH3 is 1. The molecule has 0 aliphatic carbocycles. The van der Waals surface area contributed by atoms with Gasteiger partial charge in [-0.3, -0.25) is 0 Å². The number of H-pyrrole nitrogens is 1. The number of rotatable bonds is 9. The van der Waals surface area contributed by atoms with E-state index in [9.17, 15) is 9.59 Å². The fourth-order valence-corrected chi connectivity index (χ4v) is 2.58. The summed E-state index contributed by atoms with van der Waals surface area (Å²) in [5, 5.41) is 0. The Bertz CT molecular complexity index is 779. The van der Waals surface area contributed by atoms with E-state index >= 15 is 0 Å². The molecule has 27 heavy (non-hydrogen) atoms. The molecule has 0 bridgehead atoms. The van der Waals surface area contributed by atoms with Gasteiger partial charge in [0.05, 0.1) is 19.3 Å². The number of aryl methyl sites for hydroxylation is 1. The number of carbonyl (C=O) groups is 2. The minimum atomic E-state index is -0.544. The monoisotopic (exact) mass is 375 g/mol. The summed E-state index contributed by atoms with van der Waals surface area (Å²) in [6, 6.07) is 7.26. The number of aromatic nitrogens is 1. The fourth-order valence-electron chi connectivity index (χ4n) is 2.58. The second kappa shape index (κ2) is 9.66. The van der Waals surface area contributed by atoms with Crippen molar-refractivity contribution >= 4 is 11.9 Å². The van der Waals surface area contributed by atoms with E-state index in [0.29, 0.717) is 29.2 Å². The van der Waals surface area contributed by atoms with Crippen molar-refractivity contribution in [2.75, 3.05) is 26.9 Å². The second-order valence-electron chi connectivity index (χ2n) is 5.92. The van der Waals surface area contributed by atoms with Crippen molar-refractivity contribution < 1.29 is 28.5 Å². The number of benzene rings is 1. The van der Waals surface area contributed by atoms with Gasteiger partial charge in [0.2, 0.25) is 0 Å². The van der Waals surface area contributed by atoms with Crippen LogP contribution in [0.1, 0.15) is 45.4 Å². The molecule has 146 valence electrons. The Morgan fingerprint density at radius 2 is 1.52 bits per heavy atom. The maximum absolute atomic E-state index is 12.2. The van der Waals surface area contributed by atoms with Crippen LogP contribution in [0.15, 0.2) is 24.3 Å². The van der Waals surface area contributed by atoms with Crippen molar-refractivity contribution in [2.45, 2.75) is 27.2 Å². The lowest BCUT2D eigenvalue weighted by atomic mass is 10.1. The molecule has 0 aliphatic rings. The standard InChI is InChI=1S/C20H25NO6/c1-5-10-25-15-6-8-16(9-7-15)26-11-12-27-20(23)18-13(2)17(14(3)21-18)19(22)24-4/h6-9,21H,5,10-12H2,1-4H3. The van der Waals surface area contributed by atoms with Gasteiger partial charge in [0.25, 0.3) is 0 Å². The smallest absolute Gasteiger partial charge is 0.355 e. The number of aromatic amines is 1. The highest BCUT2D eigenvalue weighted by Gasteiger charge is 2.23. The summed E-state index contributed by atoms with van der Waals surface area (Å²) in [6.07, 6.45) is 0.949. The van der Waals surface area contributed by atoms with Crippen molar-refractivity contribution in [3.63, 3.8) is 0 Å². The first-order chi connectivity index (χ1) is 13.0. The molecule has 0 aliphatic heterocycles. The molecule has 7 nitrogen and oxygen atoms in total. The molecule has 0 atom stereocenters. The molecule has 1 heterocycles. The van der Waals surface area contributed by atoms with Crippen LogP contribution in [0.4, 0.5) is 0 Å². The van der Waals surface area contributed by atoms with Gasteiger partial charge in [-0.15, -0.1) is 0 Å². The Labute approximate surface area is 158 Å². The molecule has 1 N–H and O–H groups in total. The molecular formula is C20H25NO6. The molecule has 0 radical (unpaired) electrons. The maximum atomic E-state index is 12.2. The van der Waals surface area contributed by atoms with Crippen LogP contribution in [0.2, 0.25) is 0 Å². The van der Waals surface area contributed by atoms with E-state index < -0.39 is 11.9 Å². The lowest BCUT2D eigenvalue weighted by molar-refractivity contribution is 0.0443. The van der Waals surface area contributed by atoms with Gasteiger partial charge >= 0.3 is 11.9 Å². The number of esters is 2. The number of hydrogen-bond donors (Lipinski definition) is 1. The summed E-state index contributed by atoms with van der Waals surface area (Å²) in [6.45, 7) is 6.38. The molecule has 2 rings (SSSR count). The van der Waals surface area contributed by atoms with E-state index in [0.717, 1.165) is 12.2 Å². The van der Waals surface area contributed by atoms with E-state index in [2.05, 4.69) is 4.98 Å². The Kier molecular flexibility index (Phi) is 7.28. The van der Waals surface area contributed by atoms with Crippen LogP contribution in [-0.2, 0) is 9.47 Å². The summed E-state index contributed by atoms with van der Waals surface area (Å²) in [4.78, 5) is 26.9. The van der Waals surface area contributed by atoms with Crippen molar-refractivity contribution in [2.24, 2.45) is 0 Å². The van der Waals surface area contributed by atoms with Gasteiger partial charge in [-0.25, -0.2) is 9.59 Å². The highest BCUT2D eigenvalue weighted by molar-refractivity contribution is 5.98. The molecule has 7 heteroatoms. The Hall–Kier alpha value is -2.96. The summed E-state index contributed by atoms with van der Waals surface area (Å²) in [7, 11) is 1.30. The molecule has 0 fully saturated rings. The summed E-state index contributed by atoms with van der Waals surface area (Å²) < 4.78 is 21.0. The summed E-state index contributed by atoms with van der Waals surface area (Å²) in [5.41, 5.74) is 1.66. The van der Waals surface area contributed by atoms with Gasteiger partial charge < -0.3 is 23.9 Å². The maximum Gasteiger partial charge on any atom is 0.355 e. The SMILES string of the molecule is CCCOc1ccc(OCCOC(=O)c2[nH]c(C)c(C(=O)OC)c2C)cc1. The lowest BCUT2D eigenvalue weighted by Gasteiger charge is -2.09. The Morgan fingerprint density at radius 3 is 2.07 bits per heavy atom. The van der Waals surface area contributed by atoms with Crippen LogP contribution in [0.5, 0.6) is 11.5 Å². The molecule has 0 saturated heterocycles. The van der Waals surface area contributed by atoms with Gasteiger partial charge in [0, 0.05) is 5.69 Å². The zero-order chi connectivity index (χ0) is 19.8. The van der Waals surface area contributed by atoms with Gasteiger partial charge in [0.15, 0.2) is 0 Å².